The van der Waals surface area contributed by atoms with Crippen molar-refractivity contribution in [3.05, 3.63) is 36.5 Å². The number of aliphatic hydroxyl groups is 11. The van der Waals surface area contributed by atoms with E-state index in [1.54, 1.807) is 6.08 Å². The second-order valence-electron chi connectivity index (χ2n) is 32.4. The topological polar surface area (TPSA) is 307 Å². The van der Waals surface area contributed by atoms with E-state index >= 15 is 0 Å². The van der Waals surface area contributed by atoms with Gasteiger partial charge >= 0.3 is 0 Å². The van der Waals surface area contributed by atoms with E-state index in [2.05, 4.69) is 43.5 Å². The lowest BCUT2D eigenvalue weighted by molar-refractivity contribution is -0.379. The van der Waals surface area contributed by atoms with Crippen LogP contribution in [0.2, 0.25) is 0 Å². The Bertz CT molecular complexity index is 2090. The molecule has 3 saturated heterocycles. The number of carbonyl (C=O) groups is 1. The predicted octanol–water partition coefficient (Wildman–Crippen LogP) is 17.0. The minimum absolute atomic E-state index is 0.249. The van der Waals surface area contributed by atoms with Gasteiger partial charge in [0.1, 0.15) is 73.2 Å². The molecule has 19 heteroatoms. The van der Waals surface area contributed by atoms with Gasteiger partial charge in [-0.15, -0.1) is 0 Å². The molecule has 0 aromatic rings. The average molecular weight is 1540 g/mol. The number of hydrogen-bond acceptors (Lipinski definition) is 18. The first-order valence-electron chi connectivity index (χ1n) is 45.2. The van der Waals surface area contributed by atoms with Crippen LogP contribution in [-0.2, 0) is 33.2 Å². The molecule has 0 aliphatic carbocycles. The van der Waals surface area contributed by atoms with Crippen LogP contribution in [0.15, 0.2) is 36.5 Å². The summed E-state index contributed by atoms with van der Waals surface area (Å²) in [5.74, 6) is -0.266. The summed E-state index contributed by atoms with van der Waals surface area (Å²) in [7, 11) is 0. The van der Waals surface area contributed by atoms with Crippen molar-refractivity contribution in [3.8, 4) is 0 Å². The number of amides is 1. The van der Waals surface area contributed by atoms with Crippen molar-refractivity contribution >= 4 is 5.91 Å². The molecule has 3 aliphatic rings. The van der Waals surface area contributed by atoms with Crippen LogP contribution >= 0.6 is 0 Å². The summed E-state index contributed by atoms with van der Waals surface area (Å²) in [6, 6.07) is -0.972. The van der Waals surface area contributed by atoms with Gasteiger partial charge in [0.2, 0.25) is 5.91 Å². The fourth-order valence-electron chi connectivity index (χ4n) is 15.5. The molecule has 108 heavy (non-hydrogen) atoms. The molecule has 1 amide bonds. The Morgan fingerprint density at radius 2 is 0.611 bits per heavy atom. The van der Waals surface area contributed by atoms with Crippen LogP contribution in [0.1, 0.15) is 393 Å². The third-order valence-corrected chi connectivity index (χ3v) is 22.7. The highest BCUT2D eigenvalue weighted by Crippen LogP contribution is 2.34. The first kappa shape index (κ1) is 100. The Morgan fingerprint density at radius 3 is 0.944 bits per heavy atom. The van der Waals surface area contributed by atoms with Gasteiger partial charge in [0.25, 0.3) is 0 Å². The van der Waals surface area contributed by atoms with Crippen LogP contribution in [0.4, 0.5) is 0 Å². The largest absolute Gasteiger partial charge is 0.394 e. The van der Waals surface area contributed by atoms with Gasteiger partial charge < -0.3 is 89.9 Å². The number of nitrogens with one attached hydrogen (secondary N) is 1. The summed E-state index contributed by atoms with van der Waals surface area (Å²) in [6.45, 7) is 1.79. The Morgan fingerprint density at radius 1 is 0.333 bits per heavy atom. The molecular weight excluding hydrogens is 1370 g/mol. The highest BCUT2D eigenvalue weighted by molar-refractivity contribution is 5.76. The number of rotatable bonds is 74. The summed E-state index contributed by atoms with van der Waals surface area (Å²) in [4.78, 5) is 13.5. The molecule has 3 rings (SSSR count). The maximum Gasteiger partial charge on any atom is 0.220 e. The van der Waals surface area contributed by atoms with E-state index in [1.807, 2.05) is 6.08 Å². The molecule has 0 spiro atoms. The maximum atomic E-state index is 13.5. The van der Waals surface area contributed by atoms with Crippen molar-refractivity contribution in [1.29, 1.82) is 0 Å². The Labute approximate surface area is 657 Å². The van der Waals surface area contributed by atoms with Crippen LogP contribution in [-0.4, -0.2) is 193 Å². The summed E-state index contributed by atoms with van der Waals surface area (Å²) >= 11 is 0. The van der Waals surface area contributed by atoms with Crippen LogP contribution in [0.25, 0.3) is 0 Å². The summed E-state index contributed by atoms with van der Waals surface area (Å²) in [5.41, 5.74) is 0. The van der Waals surface area contributed by atoms with Gasteiger partial charge in [0.05, 0.1) is 38.6 Å². The molecule has 12 N–H and O–H groups in total. The lowest BCUT2D eigenvalue weighted by Gasteiger charge is -2.48. The quantitative estimate of drug-likeness (QED) is 0.0199. The van der Waals surface area contributed by atoms with Crippen molar-refractivity contribution in [2.24, 2.45) is 0 Å². The zero-order valence-corrected chi connectivity index (χ0v) is 68.6. The predicted molar refractivity (Wildman–Crippen MR) is 434 cm³/mol. The van der Waals surface area contributed by atoms with E-state index in [0.717, 1.165) is 51.4 Å². The molecule has 3 fully saturated rings. The van der Waals surface area contributed by atoms with Gasteiger partial charge in [-0.2, -0.15) is 0 Å². The molecule has 3 heterocycles. The van der Waals surface area contributed by atoms with Crippen molar-refractivity contribution in [2.75, 3.05) is 26.4 Å². The van der Waals surface area contributed by atoms with E-state index in [0.29, 0.717) is 6.42 Å². The minimum Gasteiger partial charge on any atom is -0.394 e. The second kappa shape index (κ2) is 69.3. The highest BCUT2D eigenvalue weighted by atomic mass is 16.8. The molecule has 3 aliphatic heterocycles. The first-order chi connectivity index (χ1) is 52.8. The molecule has 19 nitrogen and oxygen atoms in total. The van der Waals surface area contributed by atoms with Gasteiger partial charge in [-0.25, -0.2) is 0 Å². The SMILES string of the molecule is CCCCCCC/C=C\C/C=C\CCCCCCCCCCCCCCCCCCCCCCCCCCCCCCCC(=O)NC(COC1OC(CO)C(OC2OC(CO)C(OC3OC(CO)C(O)C(O)C3O)C(O)C2O)C(O)C1O)C(O)/C=C/CCCCCCCCCCCCCCCCCCCCCC. The zero-order valence-electron chi connectivity index (χ0n) is 68.6. The highest BCUT2D eigenvalue weighted by Gasteiger charge is 2.54. The molecule has 0 aromatic carbocycles. The van der Waals surface area contributed by atoms with Gasteiger partial charge in [0, 0.05) is 6.42 Å². The number of hydrogen-bond donors (Lipinski definition) is 12. The third-order valence-electron chi connectivity index (χ3n) is 22.7. The molecule has 636 valence electrons. The molecule has 0 radical (unpaired) electrons. The van der Waals surface area contributed by atoms with Gasteiger partial charge in [-0.05, 0) is 51.4 Å². The van der Waals surface area contributed by atoms with E-state index in [9.17, 15) is 61.0 Å². The Balaban J connectivity index is 1.28. The normalized spacial score (nSPS) is 25.5. The Hall–Kier alpha value is -1.99. The lowest BCUT2D eigenvalue weighted by atomic mass is 9.96. The standard InChI is InChI=1S/C89H167NO18/c1-3-5-7-9-11-13-15-17-19-21-23-25-27-28-29-30-31-32-33-34-35-36-37-38-39-40-41-42-43-44-45-47-49-51-53-55-57-59-61-63-65-67-77(95)90-72(73(94)66-64-62-60-58-56-54-52-50-48-46-26-24-22-20-18-16-14-12-10-8-6-4-2)71-103-87-83(101)80(98)85(75(69-92)105-87)108-89-84(102)81(99)86(76(70-93)106-89)107-88-82(100)79(97)78(96)74(68-91)104-88/h15,17,21,23,64,66,72-76,78-89,91-94,96-102H,3-14,16,18-20,22,24-63,65,67-71H2,1-2H3,(H,90,95)/b17-15-,23-21-,66-64+. The summed E-state index contributed by atoms with van der Waals surface area (Å²) < 4.78 is 34.5. The number of carbonyl (C=O) groups excluding carboxylic acids is 1. The van der Waals surface area contributed by atoms with E-state index < -0.39 is 124 Å². The number of allylic oxidation sites excluding steroid dienone is 5. The first-order valence-corrected chi connectivity index (χ1v) is 45.2. The lowest BCUT2D eigenvalue weighted by Crippen LogP contribution is -2.66. The summed E-state index contributed by atoms with van der Waals surface area (Å²) in [5, 5.41) is 121. The van der Waals surface area contributed by atoms with E-state index in [1.165, 1.54) is 315 Å². The van der Waals surface area contributed by atoms with Gasteiger partial charge in [-0.1, -0.05) is 371 Å². The molecule has 17 atom stereocenters. The van der Waals surface area contributed by atoms with Gasteiger partial charge in [0.15, 0.2) is 18.9 Å². The third kappa shape index (κ3) is 47.8. The van der Waals surface area contributed by atoms with Crippen molar-refractivity contribution < 1.29 is 89.4 Å². The molecule has 0 bridgehead atoms. The molecule has 17 unspecified atom stereocenters. The van der Waals surface area contributed by atoms with E-state index in [4.69, 9.17) is 28.4 Å². The van der Waals surface area contributed by atoms with Crippen LogP contribution < -0.4 is 5.32 Å². The fourth-order valence-corrected chi connectivity index (χ4v) is 15.5. The molecule has 0 aromatic heterocycles. The van der Waals surface area contributed by atoms with Crippen LogP contribution in [0.3, 0.4) is 0 Å². The fraction of sp³-hybridized carbons (Fsp3) is 0.921. The average Bonchev–Trinajstić information content (AvgIpc) is 0.787. The maximum absolute atomic E-state index is 13.5. The zero-order chi connectivity index (χ0) is 78.1. The van der Waals surface area contributed by atoms with Crippen molar-refractivity contribution in [1.82, 2.24) is 5.32 Å². The van der Waals surface area contributed by atoms with E-state index in [-0.39, 0.29) is 18.9 Å². The summed E-state index contributed by atoms with van der Waals surface area (Å²) in [6.07, 6.45) is 61.7. The molecular formula is C89H167NO18. The number of aliphatic hydroxyl groups excluding tert-OH is 11. The smallest absolute Gasteiger partial charge is 0.220 e. The number of ether oxygens (including phenoxy) is 6. The van der Waals surface area contributed by atoms with Crippen molar-refractivity contribution in [2.45, 2.75) is 497 Å². The van der Waals surface area contributed by atoms with Crippen molar-refractivity contribution in [3.63, 3.8) is 0 Å². The van der Waals surface area contributed by atoms with Gasteiger partial charge in [-0.3, -0.25) is 4.79 Å². The van der Waals surface area contributed by atoms with Crippen LogP contribution in [0, 0.1) is 0 Å². The second-order valence-corrected chi connectivity index (χ2v) is 32.4. The van der Waals surface area contributed by atoms with Crippen LogP contribution in [0.5, 0.6) is 0 Å². The Kier molecular flexibility index (Phi) is 64.3. The number of unbranched alkanes of at least 4 members (excludes halogenated alkanes) is 54. The monoisotopic (exact) mass is 1540 g/mol. The minimum atomic E-state index is -1.98. The molecule has 0 saturated carbocycles.